The van der Waals surface area contributed by atoms with Gasteiger partial charge in [0.15, 0.2) is 0 Å². The summed E-state index contributed by atoms with van der Waals surface area (Å²) in [6.07, 6.45) is 3.71. The lowest BCUT2D eigenvalue weighted by Gasteiger charge is -2.15. The van der Waals surface area contributed by atoms with Crippen LogP contribution in [0.1, 0.15) is 15.2 Å². The quantitative estimate of drug-likeness (QED) is 0.194. The number of hydrogen-bond acceptors (Lipinski definition) is 5. The largest absolute Gasteiger partial charge is 0.368 e. The third-order valence-electron chi connectivity index (χ3n) is 6.80. The Hall–Kier alpha value is -4.50. The number of halogens is 2. The van der Waals surface area contributed by atoms with Crippen LogP contribution in [-0.4, -0.2) is 32.6 Å². The Kier molecular flexibility index (Phi) is 7.75. The van der Waals surface area contributed by atoms with Crippen molar-refractivity contribution in [3.8, 4) is 27.5 Å². The Balaban J connectivity index is 1.28. The molecule has 208 valence electrons. The number of nitrogens with one attached hydrogen (secondary N) is 1. The van der Waals surface area contributed by atoms with Crippen LogP contribution < -0.4 is 11.1 Å². The molecule has 0 unspecified atom stereocenters. The third kappa shape index (κ3) is 5.78. The van der Waals surface area contributed by atoms with E-state index in [-0.39, 0.29) is 12.3 Å². The zero-order chi connectivity index (χ0) is 29.2. The molecule has 0 saturated heterocycles. The Morgan fingerprint density at radius 1 is 0.905 bits per heavy atom. The van der Waals surface area contributed by atoms with Crippen molar-refractivity contribution in [3.05, 3.63) is 124 Å². The van der Waals surface area contributed by atoms with Crippen molar-refractivity contribution >= 4 is 57.1 Å². The minimum absolute atomic E-state index is 0.280. The molecule has 0 radical (unpaired) electrons. The number of pyridine rings is 1. The van der Waals surface area contributed by atoms with Gasteiger partial charge in [0.1, 0.15) is 6.04 Å². The fraction of sp³-hybridized carbons (Fsp3) is 0.0625. The van der Waals surface area contributed by atoms with E-state index >= 15 is 0 Å². The molecule has 3 heterocycles. The molecule has 7 nitrogen and oxygen atoms in total. The van der Waals surface area contributed by atoms with Crippen LogP contribution in [0.5, 0.6) is 0 Å². The molecule has 0 bridgehead atoms. The maximum atomic E-state index is 13.3. The molecule has 6 rings (SSSR count). The van der Waals surface area contributed by atoms with Crippen molar-refractivity contribution in [1.29, 1.82) is 0 Å². The number of thiophene rings is 1. The SMILES string of the molecule is NC(=O)[C@H](Cc1ccc2ccccc2c1)NC(=O)c1ccc(-c2cc(-c3cccnc3)nn2-c2ccc(Cl)c(Cl)c2)s1. The highest BCUT2D eigenvalue weighted by Crippen LogP contribution is 2.34. The Morgan fingerprint density at radius 2 is 1.74 bits per heavy atom. The number of aromatic nitrogens is 3. The van der Waals surface area contributed by atoms with Crippen molar-refractivity contribution in [1.82, 2.24) is 20.1 Å². The van der Waals surface area contributed by atoms with Gasteiger partial charge in [-0.3, -0.25) is 14.6 Å². The molecule has 3 N–H and O–H groups in total. The first kappa shape index (κ1) is 27.7. The molecule has 0 fully saturated rings. The molecule has 0 aliphatic carbocycles. The fourth-order valence-corrected chi connectivity index (χ4v) is 5.88. The van der Waals surface area contributed by atoms with Gasteiger partial charge >= 0.3 is 0 Å². The Morgan fingerprint density at radius 3 is 2.50 bits per heavy atom. The van der Waals surface area contributed by atoms with E-state index in [1.807, 2.05) is 72.8 Å². The van der Waals surface area contributed by atoms with Gasteiger partial charge in [0.05, 0.1) is 36.9 Å². The van der Waals surface area contributed by atoms with Gasteiger partial charge in [-0.1, -0.05) is 65.7 Å². The summed E-state index contributed by atoms with van der Waals surface area (Å²) < 4.78 is 1.75. The van der Waals surface area contributed by atoms with Crippen molar-refractivity contribution in [3.63, 3.8) is 0 Å². The van der Waals surface area contributed by atoms with Crippen molar-refractivity contribution in [2.45, 2.75) is 12.5 Å². The second kappa shape index (κ2) is 11.8. The maximum absolute atomic E-state index is 13.3. The minimum atomic E-state index is -0.872. The Bertz CT molecular complexity index is 1940. The van der Waals surface area contributed by atoms with Gasteiger partial charge in [-0.15, -0.1) is 11.3 Å². The highest BCUT2D eigenvalue weighted by atomic mass is 35.5. The zero-order valence-electron chi connectivity index (χ0n) is 22.0. The topological polar surface area (TPSA) is 103 Å². The second-order valence-corrected chi connectivity index (χ2v) is 11.5. The van der Waals surface area contributed by atoms with Gasteiger partial charge in [-0.2, -0.15) is 5.10 Å². The maximum Gasteiger partial charge on any atom is 0.262 e. The minimum Gasteiger partial charge on any atom is -0.368 e. The summed E-state index contributed by atoms with van der Waals surface area (Å²) >= 11 is 13.8. The molecule has 0 saturated carbocycles. The van der Waals surface area contributed by atoms with Gasteiger partial charge < -0.3 is 11.1 Å². The van der Waals surface area contributed by atoms with Crippen LogP contribution >= 0.6 is 34.5 Å². The molecule has 0 spiro atoms. The van der Waals surface area contributed by atoms with Crippen molar-refractivity contribution in [2.75, 3.05) is 0 Å². The van der Waals surface area contributed by atoms with Gasteiger partial charge in [0.25, 0.3) is 5.91 Å². The molecule has 3 aromatic heterocycles. The van der Waals surface area contributed by atoms with Crippen LogP contribution in [-0.2, 0) is 11.2 Å². The molecular weight excluding hydrogens is 589 g/mol. The fourth-order valence-electron chi connectivity index (χ4n) is 4.68. The number of nitrogens with zero attached hydrogens (tertiary/aromatic N) is 3. The van der Waals surface area contributed by atoms with E-state index in [4.69, 9.17) is 34.0 Å². The summed E-state index contributed by atoms with van der Waals surface area (Å²) in [6, 6.07) is 27.6. The number of amides is 2. The van der Waals surface area contributed by atoms with Gasteiger partial charge in [0.2, 0.25) is 5.91 Å². The number of carbonyl (C=O) groups is 2. The van der Waals surface area contributed by atoms with Gasteiger partial charge in [0, 0.05) is 24.4 Å². The predicted molar refractivity (Wildman–Crippen MR) is 168 cm³/mol. The number of nitrogens with two attached hydrogens (primary N) is 1. The highest BCUT2D eigenvalue weighted by molar-refractivity contribution is 7.17. The van der Waals surface area contributed by atoms with Crippen LogP contribution in [0.4, 0.5) is 0 Å². The van der Waals surface area contributed by atoms with E-state index in [1.165, 1.54) is 11.3 Å². The monoisotopic (exact) mass is 611 g/mol. The summed E-state index contributed by atoms with van der Waals surface area (Å²) in [5.74, 6) is -0.990. The molecule has 10 heteroatoms. The Labute approximate surface area is 255 Å². The van der Waals surface area contributed by atoms with Gasteiger partial charge in [-0.05, 0) is 64.9 Å². The molecule has 0 aliphatic heterocycles. The molecular formula is C32H23Cl2N5O2S. The summed E-state index contributed by atoms with van der Waals surface area (Å²) in [4.78, 5) is 31.1. The smallest absolute Gasteiger partial charge is 0.262 e. The van der Waals surface area contributed by atoms with Crippen LogP contribution in [0.3, 0.4) is 0 Å². The second-order valence-electron chi connectivity index (χ2n) is 9.64. The predicted octanol–water partition coefficient (Wildman–Crippen LogP) is 6.95. The van der Waals surface area contributed by atoms with E-state index in [1.54, 1.807) is 35.3 Å². The van der Waals surface area contributed by atoms with E-state index < -0.39 is 11.9 Å². The van der Waals surface area contributed by atoms with Crippen LogP contribution in [0.15, 0.2) is 103 Å². The average Bonchev–Trinajstić information content (AvgIpc) is 3.67. The van der Waals surface area contributed by atoms with Gasteiger partial charge in [-0.25, -0.2) is 4.68 Å². The van der Waals surface area contributed by atoms with E-state index in [2.05, 4.69) is 10.3 Å². The van der Waals surface area contributed by atoms with Crippen LogP contribution in [0.2, 0.25) is 10.0 Å². The first-order valence-corrected chi connectivity index (χ1v) is 14.6. The van der Waals surface area contributed by atoms with Crippen LogP contribution in [0, 0.1) is 0 Å². The lowest BCUT2D eigenvalue weighted by atomic mass is 10.0. The van der Waals surface area contributed by atoms with E-state index in [0.29, 0.717) is 26.3 Å². The highest BCUT2D eigenvalue weighted by Gasteiger charge is 2.22. The normalized spacial score (nSPS) is 11.9. The summed E-state index contributed by atoms with van der Waals surface area (Å²) in [6.45, 7) is 0. The summed E-state index contributed by atoms with van der Waals surface area (Å²) in [5.41, 5.74) is 9.59. The van der Waals surface area contributed by atoms with E-state index in [0.717, 1.165) is 32.5 Å². The van der Waals surface area contributed by atoms with Crippen molar-refractivity contribution < 1.29 is 9.59 Å². The third-order valence-corrected chi connectivity index (χ3v) is 8.64. The lowest BCUT2D eigenvalue weighted by molar-refractivity contribution is -0.119. The van der Waals surface area contributed by atoms with Crippen molar-refractivity contribution in [2.24, 2.45) is 5.73 Å². The lowest BCUT2D eigenvalue weighted by Crippen LogP contribution is -2.45. The number of rotatable bonds is 8. The standard InChI is InChI=1S/C32H23Cl2N5O2S/c33-24-10-9-23(16-25(24)34)39-28(17-26(38-39)22-6-3-13-36-18-22)29-11-12-30(42-29)32(41)37-27(31(35)40)15-19-7-8-20-4-1-2-5-21(20)14-19/h1-14,16-18,27H,15H2,(H2,35,40)(H,37,41)/t27-/m0/s1. The zero-order valence-corrected chi connectivity index (χ0v) is 24.3. The number of carbonyl (C=O) groups excluding carboxylic acids is 2. The molecule has 2 amide bonds. The molecule has 1 atom stereocenters. The number of hydrogen-bond donors (Lipinski definition) is 2. The molecule has 6 aromatic rings. The average molecular weight is 613 g/mol. The first-order valence-electron chi connectivity index (χ1n) is 13.0. The molecule has 42 heavy (non-hydrogen) atoms. The van der Waals surface area contributed by atoms with E-state index in [9.17, 15) is 9.59 Å². The summed E-state index contributed by atoms with van der Waals surface area (Å²) in [7, 11) is 0. The molecule has 3 aromatic carbocycles. The molecule has 0 aliphatic rings. The first-order chi connectivity index (χ1) is 20.4. The summed E-state index contributed by atoms with van der Waals surface area (Å²) in [5, 5.41) is 10.6. The number of primary amides is 1. The van der Waals surface area contributed by atoms with Crippen LogP contribution in [0.25, 0.3) is 38.3 Å². The number of fused-ring (bicyclic) bond motifs is 1. The number of benzene rings is 3.